The molecule has 2 aromatic rings. The quantitative estimate of drug-likeness (QED) is 0.735. The van der Waals surface area contributed by atoms with Crippen LogP contribution in [0.15, 0.2) is 36.5 Å². The molecule has 140 valence electrons. The molecule has 4 aliphatic rings. The predicted octanol–water partition coefficient (Wildman–Crippen LogP) is 5.76. The van der Waals surface area contributed by atoms with Crippen LogP contribution in [-0.2, 0) is 5.41 Å². The fourth-order valence-electron chi connectivity index (χ4n) is 6.25. The Bertz CT molecular complexity index is 872. The summed E-state index contributed by atoms with van der Waals surface area (Å²) in [6.07, 6.45) is 9.82. The van der Waals surface area contributed by atoms with Crippen LogP contribution in [0.2, 0.25) is 5.02 Å². The standard InChI is InChI=1S/C23H25ClN2O/c1-14-6-19(24)2-3-20(14)26-22(27)18-4-5-25-21(10-18)23-11-15-7-16(12-23)9-17(8-15)13-23/h2-6,10,15-17H,7-9,11-13H2,1H3,(H,26,27). The van der Waals surface area contributed by atoms with E-state index in [0.29, 0.717) is 10.6 Å². The Morgan fingerprint density at radius 2 is 1.74 bits per heavy atom. The third-order valence-electron chi connectivity index (χ3n) is 7.04. The zero-order valence-corrected chi connectivity index (χ0v) is 16.4. The van der Waals surface area contributed by atoms with E-state index in [4.69, 9.17) is 16.6 Å². The van der Waals surface area contributed by atoms with E-state index in [1.54, 1.807) is 6.07 Å². The van der Waals surface area contributed by atoms with Crippen LogP contribution in [0.4, 0.5) is 5.69 Å². The molecular weight excluding hydrogens is 356 g/mol. The van der Waals surface area contributed by atoms with Crippen molar-refractivity contribution in [2.24, 2.45) is 17.8 Å². The lowest BCUT2D eigenvalue weighted by Crippen LogP contribution is -2.49. The number of carbonyl (C=O) groups is 1. The molecule has 1 aromatic carbocycles. The number of nitrogens with one attached hydrogen (secondary N) is 1. The summed E-state index contributed by atoms with van der Waals surface area (Å²) in [5, 5.41) is 3.71. The molecule has 1 amide bonds. The van der Waals surface area contributed by atoms with Crippen LogP contribution < -0.4 is 5.32 Å². The zero-order valence-electron chi connectivity index (χ0n) is 15.7. The van der Waals surface area contributed by atoms with E-state index in [9.17, 15) is 4.79 Å². The van der Waals surface area contributed by atoms with Gasteiger partial charge in [0, 0.05) is 33.6 Å². The first kappa shape index (κ1) is 17.2. The number of aryl methyl sites for hydroxylation is 1. The number of carbonyl (C=O) groups excluding carboxylic acids is 1. The van der Waals surface area contributed by atoms with E-state index < -0.39 is 0 Å². The second kappa shape index (κ2) is 6.34. The van der Waals surface area contributed by atoms with Crippen molar-refractivity contribution >= 4 is 23.2 Å². The van der Waals surface area contributed by atoms with E-state index >= 15 is 0 Å². The Hall–Kier alpha value is -1.87. The molecule has 0 spiro atoms. The fourth-order valence-corrected chi connectivity index (χ4v) is 6.47. The number of hydrogen-bond acceptors (Lipinski definition) is 2. The molecule has 4 heteroatoms. The van der Waals surface area contributed by atoms with Crippen molar-refractivity contribution in [3.8, 4) is 0 Å². The summed E-state index contributed by atoms with van der Waals surface area (Å²) in [5.74, 6) is 2.53. The van der Waals surface area contributed by atoms with Crippen molar-refractivity contribution in [3.05, 3.63) is 58.4 Å². The summed E-state index contributed by atoms with van der Waals surface area (Å²) in [5.41, 5.74) is 3.82. The Morgan fingerprint density at radius 1 is 1.07 bits per heavy atom. The number of nitrogens with zero attached hydrogens (tertiary/aromatic N) is 1. The maximum atomic E-state index is 12.9. The van der Waals surface area contributed by atoms with Crippen LogP contribution in [-0.4, -0.2) is 10.9 Å². The third-order valence-corrected chi connectivity index (χ3v) is 7.28. The molecule has 4 bridgehead atoms. The highest BCUT2D eigenvalue weighted by Crippen LogP contribution is 2.60. The molecule has 1 aromatic heterocycles. The van der Waals surface area contributed by atoms with Gasteiger partial charge in [-0.25, -0.2) is 0 Å². The minimum absolute atomic E-state index is 0.0752. The molecule has 6 rings (SSSR count). The van der Waals surface area contributed by atoms with Crippen molar-refractivity contribution in [1.82, 2.24) is 4.98 Å². The monoisotopic (exact) mass is 380 g/mol. The van der Waals surface area contributed by atoms with Gasteiger partial charge in [0.15, 0.2) is 0 Å². The number of aromatic nitrogens is 1. The second-order valence-electron chi connectivity index (χ2n) is 9.04. The molecule has 4 saturated carbocycles. The van der Waals surface area contributed by atoms with Crippen LogP contribution in [0.5, 0.6) is 0 Å². The van der Waals surface area contributed by atoms with Crippen LogP contribution in [0.25, 0.3) is 0 Å². The highest BCUT2D eigenvalue weighted by Gasteiger charge is 2.52. The van der Waals surface area contributed by atoms with Crippen LogP contribution in [0.1, 0.15) is 60.1 Å². The van der Waals surface area contributed by atoms with Crippen LogP contribution in [0.3, 0.4) is 0 Å². The Balaban J connectivity index is 1.41. The van der Waals surface area contributed by atoms with Crippen molar-refractivity contribution in [3.63, 3.8) is 0 Å². The van der Waals surface area contributed by atoms with E-state index in [2.05, 4.69) is 5.32 Å². The van der Waals surface area contributed by atoms with Gasteiger partial charge >= 0.3 is 0 Å². The Kier molecular flexibility index (Phi) is 4.05. The molecule has 1 N–H and O–H groups in total. The lowest BCUT2D eigenvalue weighted by Gasteiger charge is -2.56. The molecule has 1 heterocycles. The highest BCUT2D eigenvalue weighted by molar-refractivity contribution is 6.30. The van der Waals surface area contributed by atoms with Gasteiger partial charge in [0.2, 0.25) is 0 Å². The Morgan fingerprint density at radius 3 is 2.37 bits per heavy atom. The first-order valence-corrected chi connectivity index (χ1v) is 10.4. The molecule has 0 aliphatic heterocycles. The van der Waals surface area contributed by atoms with Crippen LogP contribution >= 0.6 is 11.6 Å². The maximum absolute atomic E-state index is 12.9. The molecule has 0 radical (unpaired) electrons. The number of rotatable bonds is 3. The minimum atomic E-state index is -0.0752. The van der Waals surface area contributed by atoms with Crippen molar-refractivity contribution in [1.29, 1.82) is 0 Å². The number of benzene rings is 1. The SMILES string of the molecule is Cc1cc(Cl)ccc1NC(=O)c1ccnc(C23CC4CC(CC(C4)C2)C3)c1. The molecule has 4 aliphatic carbocycles. The average molecular weight is 381 g/mol. The lowest BCUT2D eigenvalue weighted by atomic mass is 9.48. The first-order chi connectivity index (χ1) is 13.0. The summed E-state index contributed by atoms with van der Waals surface area (Å²) in [7, 11) is 0. The summed E-state index contributed by atoms with van der Waals surface area (Å²) >= 11 is 6.02. The maximum Gasteiger partial charge on any atom is 0.255 e. The molecule has 0 atom stereocenters. The van der Waals surface area contributed by atoms with E-state index in [1.165, 1.54) is 38.5 Å². The minimum Gasteiger partial charge on any atom is -0.322 e. The Labute approximate surface area is 165 Å². The lowest BCUT2D eigenvalue weighted by molar-refractivity contribution is -0.00721. The molecule has 3 nitrogen and oxygen atoms in total. The second-order valence-corrected chi connectivity index (χ2v) is 9.48. The summed E-state index contributed by atoms with van der Waals surface area (Å²) in [4.78, 5) is 17.6. The van der Waals surface area contributed by atoms with Gasteiger partial charge in [0.1, 0.15) is 0 Å². The summed E-state index contributed by atoms with van der Waals surface area (Å²) in [6.45, 7) is 1.95. The number of halogens is 1. The molecule has 27 heavy (non-hydrogen) atoms. The van der Waals surface area contributed by atoms with Crippen molar-refractivity contribution in [2.75, 3.05) is 5.32 Å². The summed E-state index contributed by atoms with van der Waals surface area (Å²) in [6, 6.07) is 9.40. The van der Waals surface area contributed by atoms with Gasteiger partial charge in [0.05, 0.1) is 0 Å². The van der Waals surface area contributed by atoms with E-state index in [-0.39, 0.29) is 11.3 Å². The smallest absolute Gasteiger partial charge is 0.255 e. The van der Waals surface area contributed by atoms with Gasteiger partial charge in [-0.15, -0.1) is 0 Å². The van der Waals surface area contributed by atoms with Crippen molar-refractivity contribution in [2.45, 2.75) is 50.9 Å². The van der Waals surface area contributed by atoms with Gasteiger partial charge in [-0.2, -0.15) is 0 Å². The predicted molar refractivity (Wildman–Crippen MR) is 108 cm³/mol. The summed E-state index contributed by atoms with van der Waals surface area (Å²) < 4.78 is 0. The number of pyridine rings is 1. The van der Waals surface area contributed by atoms with Gasteiger partial charge < -0.3 is 5.32 Å². The first-order valence-electron chi connectivity index (χ1n) is 10.0. The molecule has 4 fully saturated rings. The number of anilines is 1. The van der Waals surface area contributed by atoms with Gasteiger partial charge in [-0.1, -0.05) is 11.6 Å². The average Bonchev–Trinajstić information content (AvgIpc) is 2.63. The normalized spacial score (nSPS) is 31.1. The largest absolute Gasteiger partial charge is 0.322 e. The molecule has 0 saturated heterocycles. The van der Waals surface area contributed by atoms with Crippen LogP contribution in [0, 0.1) is 24.7 Å². The van der Waals surface area contributed by atoms with Crippen molar-refractivity contribution < 1.29 is 4.79 Å². The van der Waals surface area contributed by atoms with E-state index in [1.807, 2.05) is 37.4 Å². The highest BCUT2D eigenvalue weighted by atomic mass is 35.5. The third kappa shape index (κ3) is 3.06. The number of hydrogen-bond donors (Lipinski definition) is 1. The molecular formula is C23H25ClN2O. The molecule has 0 unspecified atom stereocenters. The topological polar surface area (TPSA) is 42.0 Å². The van der Waals surface area contributed by atoms with Gasteiger partial charge in [-0.05, 0) is 99.1 Å². The zero-order chi connectivity index (χ0) is 18.6. The fraction of sp³-hybridized carbons (Fsp3) is 0.478. The van der Waals surface area contributed by atoms with Gasteiger partial charge in [0.25, 0.3) is 5.91 Å². The van der Waals surface area contributed by atoms with Gasteiger partial charge in [-0.3, -0.25) is 9.78 Å². The van der Waals surface area contributed by atoms with E-state index in [0.717, 1.165) is 34.7 Å². The number of amides is 1.